The van der Waals surface area contributed by atoms with Gasteiger partial charge in [-0.3, -0.25) is 4.79 Å². The van der Waals surface area contributed by atoms with Crippen molar-refractivity contribution in [1.29, 1.82) is 0 Å². The summed E-state index contributed by atoms with van der Waals surface area (Å²) >= 11 is 5.69. The average Bonchev–Trinajstić information content (AvgIpc) is 2.68. The molecule has 0 radical (unpaired) electrons. The van der Waals surface area contributed by atoms with Crippen molar-refractivity contribution in [3.63, 3.8) is 0 Å². The van der Waals surface area contributed by atoms with E-state index in [9.17, 15) is 9.18 Å². The predicted molar refractivity (Wildman–Crippen MR) is 103 cm³/mol. The summed E-state index contributed by atoms with van der Waals surface area (Å²) < 4.78 is 25.1. The van der Waals surface area contributed by atoms with Crippen LogP contribution in [0.25, 0.3) is 0 Å². The number of ether oxygens (including phenoxy) is 2. The molecule has 0 aliphatic heterocycles. The van der Waals surface area contributed by atoms with Gasteiger partial charge in [-0.1, -0.05) is 54.1 Å². The summed E-state index contributed by atoms with van der Waals surface area (Å²) in [6.07, 6.45) is 0. The first kappa shape index (κ1) is 18.7. The highest BCUT2D eigenvalue weighted by Crippen LogP contribution is 2.27. The van der Waals surface area contributed by atoms with Crippen LogP contribution in [0.5, 0.6) is 11.5 Å². The minimum Gasteiger partial charge on any atom is -0.485 e. The second-order valence-corrected chi connectivity index (χ2v) is 6.12. The molecule has 0 saturated carbocycles. The Balaban J connectivity index is 1.58. The molecule has 0 heterocycles. The Morgan fingerprint density at radius 1 is 0.926 bits per heavy atom. The van der Waals surface area contributed by atoms with Gasteiger partial charge in [0.2, 0.25) is 0 Å². The van der Waals surface area contributed by atoms with E-state index in [1.165, 1.54) is 12.1 Å². The van der Waals surface area contributed by atoms with Gasteiger partial charge in [-0.25, -0.2) is 4.39 Å². The molecule has 0 aliphatic carbocycles. The zero-order chi connectivity index (χ0) is 19.1. The lowest BCUT2D eigenvalue weighted by Crippen LogP contribution is -2.21. The Labute approximate surface area is 161 Å². The van der Waals surface area contributed by atoms with E-state index in [-0.39, 0.29) is 17.3 Å². The smallest absolute Gasteiger partial charge is 0.262 e. The SMILES string of the molecule is O=C(COc1ccccc1OCc1ccccc1)Nc1ccc(Cl)cc1F. The van der Waals surface area contributed by atoms with Crippen LogP contribution in [0.3, 0.4) is 0 Å². The number of anilines is 1. The third-order valence-corrected chi connectivity index (χ3v) is 3.89. The first-order valence-corrected chi connectivity index (χ1v) is 8.63. The first-order valence-electron chi connectivity index (χ1n) is 8.25. The molecular weight excluding hydrogens is 369 g/mol. The monoisotopic (exact) mass is 385 g/mol. The number of amides is 1. The lowest BCUT2D eigenvalue weighted by atomic mass is 10.2. The summed E-state index contributed by atoms with van der Waals surface area (Å²) in [5.74, 6) is -0.150. The lowest BCUT2D eigenvalue weighted by Gasteiger charge is -2.13. The van der Waals surface area contributed by atoms with Gasteiger partial charge in [-0.05, 0) is 35.9 Å². The van der Waals surface area contributed by atoms with Gasteiger partial charge in [0.15, 0.2) is 18.1 Å². The highest BCUT2D eigenvalue weighted by Gasteiger charge is 2.10. The van der Waals surface area contributed by atoms with E-state index in [2.05, 4.69) is 5.32 Å². The Hall–Kier alpha value is -3.05. The molecule has 0 fully saturated rings. The van der Waals surface area contributed by atoms with Crippen molar-refractivity contribution in [2.75, 3.05) is 11.9 Å². The maximum atomic E-state index is 13.7. The van der Waals surface area contributed by atoms with E-state index >= 15 is 0 Å². The Morgan fingerprint density at radius 3 is 2.30 bits per heavy atom. The summed E-state index contributed by atoms with van der Waals surface area (Å²) in [7, 11) is 0. The minimum atomic E-state index is -0.609. The van der Waals surface area contributed by atoms with Crippen molar-refractivity contribution >= 4 is 23.2 Å². The third-order valence-electron chi connectivity index (χ3n) is 3.65. The van der Waals surface area contributed by atoms with Crippen molar-refractivity contribution in [2.24, 2.45) is 0 Å². The average molecular weight is 386 g/mol. The zero-order valence-corrected chi connectivity index (χ0v) is 15.1. The molecule has 0 saturated heterocycles. The third kappa shape index (κ3) is 5.46. The highest BCUT2D eigenvalue weighted by molar-refractivity contribution is 6.30. The van der Waals surface area contributed by atoms with Crippen molar-refractivity contribution in [2.45, 2.75) is 6.61 Å². The highest BCUT2D eigenvalue weighted by atomic mass is 35.5. The molecule has 3 aromatic rings. The quantitative estimate of drug-likeness (QED) is 0.617. The standard InChI is InChI=1S/C21H17ClFNO3/c22-16-10-11-18(17(23)12-16)24-21(25)14-27-20-9-5-4-8-19(20)26-13-15-6-2-1-3-7-15/h1-12H,13-14H2,(H,24,25). The van der Waals surface area contributed by atoms with E-state index in [0.717, 1.165) is 11.6 Å². The second kappa shape index (κ2) is 9.05. The van der Waals surface area contributed by atoms with E-state index in [0.29, 0.717) is 18.1 Å². The molecule has 0 unspecified atom stereocenters. The van der Waals surface area contributed by atoms with Crippen LogP contribution in [0, 0.1) is 5.82 Å². The number of hydrogen-bond donors (Lipinski definition) is 1. The Morgan fingerprint density at radius 2 is 1.59 bits per heavy atom. The fourth-order valence-corrected chi connectivity index (χ4v) is 2.50. The molecular formula is C21H17ClFNO3. The van der Waals surface area contributed by atoms with E-state index in [1.807, 2.05) is 36.4 Å². The van der Waals surface area contributed by atoms with Crippen LogP contribution in [-0.2, 0) is 11.4 Å². The van der Waals surface area contributed by atoms with E-state index in [1.54, 1.807) is 18.2 Å². The summed E-state index contributed by atoms with van der Waals surface area (Å²) in [5, 5.41) is 2.70. The van der Waals surface area contributed by atoms with Crippen molar-refractivity contribution in [3.05, 3.63) is 89.2 Å². The van der Waals surface area contributed by atoms with Gasteiger partial charge in [0.1, 0.15) is 12.4 Å². The van der Waals surface area contributed by atoms with Gasteiger partial charge in [0, 0.05) is 5.02 Å². The molecule has 0 aromatic heterocycles. The van der Waals surface area contributed by atoms with Crippen LogP contribution in [0.2, 0.25) is 5.02 Å². The molecule has 4 nitrogen and oxygen atoms in total. The molecule has 3 rings (SSSR count). The predicted octanol–water partition coefficient (Wildman–Crippen LogP) is 5.08. The maximum Gasteiger partial charge on any atom is 0.262 e. The zero-order valence-electron chi connectivity index (χ0n) is 14.3. The van der Waals surface area contributed by atoms with Crippen LogP contribution in [0.4, 0.5) is 10.1 Å². The van der Waals surface area contributed by atoms with Gasteiger partial charge < -0.3 is 14.8 Å². The number of hydrogen-bond acceptors (Lipinski definition) is 3. The molecule has 1 N–H and O–H groups in total. The number of benzene rings is 3. The van der Waals surface area contributed by atoms with E-state index in [4.69, 9.17) is 21.1 Å². The fourth-order valence-electron chi connectivity index (χ4n) is 2.34. The minimum absolute atomic E-state index is 0.0432. The summed E-state index contributed by atoms with van der Waals surface area (Å²) in [5.41, 5.74) is 1.06. The second-order valence-electron chi connectivity index (χ2n) is 5.68. The van der Waals surface area contributed by atoms with Crippen LogP contribution in [0.1, 0.15) is 5.56 Å². The molecule has 0 spiro atoms. The number of para-hydroxylation sites is 2. The topological polar surface area (TPSA) is 47.6 Å². The van der Waals surface area contributed by atoms with Crippen LogP contribution in [0.15, 0.2) is 72.8 Å². The lowest BCUT2D eigenvalue weighted by molar-refractivity contribution is -0.118. The van der Waals surface area contributed by atoms with Gasteiger partial charge in [0.25, 0.3) is 5.91 Å². The Bertz CT molecular complexity index is 918. The molecule has 0 aliphatic rings. The van der Waals surface area contributed by atoms with E-state index < -0.39 is 11.7 Å². The number of halogens is 2. The first-order chi connectivity index (χ1) is 13.1. The van der Waals surface area contributed by atoms with Gasteiger partial charge in [0.05, 0.1) is 5.69 Å². The largest absolute Gasteiger partial charge is 0.485 e. The maximum absolute atomic E-state index is 13.7. The van der Waals surface area contributed by atoms with Crippen molar-refractivity contribution < 1.29 is 18.7 Å². The van der Waals surface area contributed by atoms with Crippen LogP contribution >= 0.6 is 11.6 Å². The van der Waals surface area contributed by atoms with Crippen molar-refractivity contribution in [3.8, 4) is 11.5 Å². The number of carbonyl (C=O) groups excluding carboxylic acids is 1. The Kier molecular flexibility index (Phi) is 6.28. The number of carbonyl (C=O) groups is 1. The summed E-state index contributed by atoms with van der Waals surface area (Å²) in [4.78, 5) is 12.0. The molecule has 0 atom stereocenters. The summed E-state index contributed by atoms with van der Waals surface area (Å²) in [6.45, 7) is 0.0944. The molecule has 1 amide bonds. The van der Waals surface area contributed by atoms with Crippen LogP contribution < -0.4 is 14.8 Å². The molecule has 138 valence electrons. The molecule has 0 bridgehead atoms. The van der Waals surface area contributed by atoms with Crippen molar-refractivity contribution in [1.82, 2.24) is 0 Å². The number of rotatable bonds is 7. The normalized spacial score (nSPS) is 10.3. The van der Waals surface area contributed by atoms with Gasteiger partial charge >= 0.3 is 0 Å². The van der Waals surface area contributed by atoms with Gasteiger partial charge in [-0.2, -0.15) is 0 Å². The van der Waals surface area contributed by atoms with Gasteiger partial charge in [-0.15, -0.1) is 0 Å². The number of nitrogens with one attached hydrogen (secondary N) is 1. The fraction of sp³-hybridized carbons (Fsp3) is 0.0952. The summed E-state index contributed by atoms with van der Waals surface area (Å²) in [6, 6.07) is 20.8. The molecule has 6 heteroatoms. The van der Waals surface area contributed by atoms with Crippen LogP contribution in [-0.4, -0.2) is 12.5 Å². The molecule has 3 aromatic carbocycles. The molecule has 27 heavy (non-hydrogen) atoms.